The molecule has 1 aromatic heterocycles. The molecule has 2 aromatic carbocycles. The van der Waals surface area contributed by atoms with Crippen LogP contribution in [0.4, 0.5) is 30.8 Å². The van der Waals surface area contributed by atoms with E-state index in [0.29, 0.717) is 16.8 Å². The fourth-order valence-electron chi connectivity index (χ4n) is 3.05. The number of rotatable bonds is 2. The summed E-state index contributed by atoms with van der Waals surface area (Å²) in [5, 5.41) is 11.2. The van der Waals surface area contributed by atoms with Crippen molar-refractivity contribution in [2.24, 2.45) is 0 Å². The number of nitrogens with zero attached hydrogens (tertiary/aromatic N) is 3. The van der Waals surface area contributed by atoms with Gasteiger partial charge in [0.15, 0.2) is 6.61 Å². The number of carbonyl (C=O) groups excluding carboxylic acids is 2. The van der Waals surface area contributed by atoms with Gasteiger partial charge < -0.3 is 26.0 Å². The molecule has 4 aliphatic heterocycles. The second kappa shape index (κ2) is 10.2. The maximum Gasteiger partial charge on any atom is 0.422 e. The van der Waals surface area contributed by atoms with Crippen molar-refractivity contribution in [1.29, 1.82) is 0 Å². The van der Waals surface area contributed by atoms with E-state index in [0.717, 1.165) is 5.56 Å². The maximum absolute atomic E-state index is 12.6. The molecular weight excluding hydrogens is 467 g/mol. The number of amides is 2. The van der Waals surface area contributed by atoms with E-state index < -0.39 is 18.8 Å². The lowest BCUT2D eigenvalue weighted by atomic mass is 10.1. The van der Waals surface area contributed by atoms with Crippen LogP contribution in [0.25, 0.3) is 0 Å². The second-order valence-corrected chi connectivity index (χ2v) is 7.43. The van der Waals surface area contributed by atoms with E-state index >= 15 is 0 Å². The van der Waals surface area contributed by atoms with Gasteiger partial charge in [0.2, 0.25) is 11.9 Å². The first-order chi connectivity index (χ1) is 16.7. The number of ether oxygens (including phenoxy) is 1. The highest BCUT2D eigenvalue weighted by Gasteiger charge is 2.29. The molecule has 3 aromatic rings. The molecule has 0 saturated heterocycles. The third-order valence-electron chi connectivity index (χ3n) is 4.75. The third kappa shape index (κ3) is 6.79. The van der Waals surface area contributed by atoms with E-state index in [2.05, 4.69) is 36.2 Å². The predicted molar refractivity (Wildman–Crippen MR) is 120 cm³/mol. The molecule has 13 heteroatoms. The molecule has 35 heavy (non-hydrogen) atoms. The van der Waals surface area contributed by atoms with Gasteiger partial charge in [0.1, 0.15) is 0 Å². The van der Waals surface area contributed by atoms with Gasteiger partial charge in [-0.05, 0) is 42.0 Å². The molecule has 0 radical (unpaired) electrons. The number of alkyl halides is 3. The summed E-state index contributed by atoms with van der Waals surface area (Å²) in [6, 6.07) is 12.4. The molecule has 0 aliphatic carbocycles. The Morgan fingerprint density at radius 3 is 1.94 bits per heavy atom. The Morgan fingerprint density at radius 1 is 0.771 bits per heavy atom. The molecule has 182 valence electrons. The van der Waals surface area contributed by atoms with Gasteiger partial charge in [-0.25, -0.2) is 0 Å². The van der Waals surface area contributed by atoms with Crippen LogP contribution in [0, 0.1) is 0 Å². The van der Waals surface area contributed by atoms with Crippen molar-refractivity contribution < 1.29 is 27.5 Å². The molecule has 0 unspecified atom stereocenters. The summed E-state index contributed by atoms with van der Waals surface area (Å²) in [5.74, 6) is -0.707. The minimum atomic E-state index is -4.57. The average Bonchev–Trinajstić information content (AvgIpc) is 2.83. The van der Waals surface area contributed by atoms with Crippen LogP contribution in [0.3, 0.4) is 0 Å². The second-order valence-electron chi connectivity index (χ2n) is 7.43. The Kier molecular flexibility index (Phi) is 6.94. The summed E-state index contributed by atoms with van der Waals surface area (Å²) in [5.41, 5.74) is 2.06. The highest BCUT2D eigenvalue weighted by Crippen LogP contribution is 2.20. The third-order valence-corrected chi connectivity index (χ3v) is 4.75. The van der Waals surface area contributed by atoms with Gasteiger partial charge in [0.05, 0.1) is 0 Å². The smallest absolute Gasteiger partial charge is 0.422 e. The lowest BCUT2D eigenvalue weighted by molar-refractivity contribution is -0.154. The Morgan fingerprint density at radius 2 is 1.34 bits per heavy atom. The van der Waals surface area contributed by atoms with E-state index in [-0.39, 0.29) is 43.3 Å². The quantitative estimate of drug-likeness (QED) is 0.434. The highest BCUT2D eigenvalue weighted by atomic mass is 19.4. The number of benzene rings is 2. The van der Waals surface area contributed by atoms with Crippen molar-refractivity contribution in [3.05, 3.63) is 65.2 Å². The molecule has 7 rings (SSSR count). The van der Waals surface area contributed by atoms with Crippen molar-refractivity contribution in [1.82, 2.24) is 25.6 Å². The number of hydrogen-bond donors (Lipinski definition) is 4. The number of halogens is 3. The number of nitrogens with one attached hydrogen (secondary N) is 4. The van der Waals surface area contributed by atoms with Gasteiger partial charge in [-0.15, -0.1) is 0 Å². The van der Waals surface area contributed by atoms with Crippen LogP contribution in [0.5, 0.6) is 6.01 Å². The van der Waals surface area contributed by atoms with Crippen molar-refractivity contribution in [2.75, 3.05) is 30.3 Å². The largest absolute Gasteiger partial charge is 0.454 e. The maximum atomic E-state index is 12.6. The summed E-state index contributed by atoms with van der Waals surface area (Å²) < 4.78 is 42.6. The van der Waals surface area contributed by atoms with E-state index in [1.54, 1.807) is 48.5 Å². The minimum Gasteiger partial charge on any atom is -0.454 e. The Hall–Kier alpha value is -4.42. The SMILES string of the molecule is O=C1NCCNC(=O)c2ccc(cc2)Nc2nc(nc(OCC(F)(F)F)n2)NCc2ccc1cc2. The molecule has 0 atom stereocenters. The van der Waals surface area contributed by atoms with Gasteiger partial charge in [-0.1, -0.05) is 12.1 Å². The first-order valence-electron chi connectivity index (χ1n) is 10.5. The van der Waals surface area contributed by atoms with E-state index in [1.807, 2.05) is 0 Å². The Bertz CT molecular complexity index is 1200. The van der Waals surface area contributed by atoms with Crippen molar-refractivity contribution in [3.8, 4) is 6.01 Å². The topological polar surface area (TPSA) is 130 Å². The van der Waals surface area contributed by atoms with Crippen LogP contribution in [0.2, 0.25) is 0 Å². The van der Waals surface area contributed by atoms with Crippen LogP contribution < -0.4 is 26.0 Å². The number of aromatic nitrogens is 3. The molecule has 0 fully saturated rings. The average molecular weight is 487 g/mol. The van der Waals surface area contributed by atoms with Gasteiger partial charge in [0, 0.05) is 36.4 Å². The molecule has 0 saturated carbocycles. The van der Waals surface area contributed by atoms with Crippen molar-refractivity contribution in [3.63, 3.8) is 0 Å². The summed E-state index contributed by atoms with van der Waals surface area (Å²) in [7, 11) is 0. The lowest BCUT2D eigenvalue weighted by Gasteiger charge is -2.13. The van der Waals surface area contributed by atoms with Gasteiger partial charge in [-0.3, -0.25) is 9.59 Å². The first kappa shape index (κ1) is 23.7. The summed E-state index contributed by atoms with van der Waals surface area (Å²) in [4.78, 5) is 36.6. The van der Waals surface area contributed by atoms with E-state index in [1.165, 1.54) is 0 Å². The Labute approximate surface area is 197 Å². The summed E-state index contributed by atoms with van der Waals surface area (Å²) in [6.45, 7) is -0.848. The van der Waals surface area contributed by atoms with Crippen molar-refractivity contribution in [2.45, 2.75) is 12.7 Å². The molecule has 4 N–H and O–H groups in total. The monoisotopic (exact) mass is 487 g/mol. The van der Waals surface area contributed by atoms with Crippen LogP contribution >= 0.6 is 0 Å². The number of carbonyl (C=O) groups is 2. The fourth-order valence-corrected chi connectivity index (χ4v) is 3.05. The standard InChI is InChI=1S/C22H20F3N7O3/c23-22(24,25)12-35-21-31-19-28-11-13-1-3-14(4-2-13)17(33)26-9-10-27-18(34)15-5-7-16(8-6-15)29-20(30-19)32-21/h1-8H,9-12H2,(H,26,33)(H,27,34)(H2,28,29,30,31,32). The number of hydrogen-bond acceptors (Lipinski definition) is 8. The number of anilines is 3. The van der Waals surface area contributed by atoms with Gasteiger partial charge in [-0.2, -0.15) is 28.1 Å². The zero-order valence-corrected chi connectivity index (χ0v) is 18.1. The fraction of sp³-hybridized carbons (Fsp3) is 0.227. The zero-order valence-electron chi connectivity index (χ0n) is 18.1. The Balaban J connectivity index is 1.63. The van der Waals surface area contributed by atoms with E-state index in [9.17, 15) is 22.8 Å². The molecule has 2 amide bonds. The predicted octanol–water partition coefficient (Wildman–Crippen LogP) is 2.64. The summed E-state index contributed by atoms with van der Waals surface area (Å²) in [6.07, 6.45) is -4.57. The van der Waals surface area contributed by atoms with Crippen molar-refractivity contribution >= 4 is 29.4 Å². The molecule has 10 nitrogen and oxygen atoms in total. The normalized spacial score (nSPS) is 14.4. The first-order valence-corrected chi connectivity index (χ1v) is 10.5. The summed E-state index contributed by atoms with van der Waals surface area (Å²) >= 11 is 0. The van der Waals surface area contributed by atoms with Gasteiger partial charge in [0.25, 0.3) is 11.8 Å². The molecule has 5 heterocycles. The molecule has 0 spiro atoms. The highest BCUT2D eigenvalue weighted by molar-refractivity contribution is 5.95. The zero-order chi connectivity index (χ0) is 24.8. The van der Waals surface area contributed by atoms with E-state index in [4.69, 9.17) is 4.74 Å². The molecular formula is C22H20F3N7O3. The van der Waals surface area contributed by atoms with Gasteiger partial charge >= 0.3 is 12.2 Å². The minimum absolute atomic E-state index is 0.0214. The molecule has 6 bridgehead atoms. The van der Waals surface area contributed by atoms with Crippen LogP contribution in [0.1, 0.15) is 26.3 Å². The molecule has 4 aliphatic rings. The lowest BCUT2D eigenvalue weighted by Crippen LogP contribution is -2.34. The van der Waals surface area contributed by atoms with Crippen LogP contribution in [-0.4, -0.2) is 52.6 Å². The van der Waals surface area contributed by atoms with Crippen LogP contribution in [0.15, 0.2) is 48.5 Å². The van der Waals surface area contributed by atoms with Crippen LogP contribution in [-0.2, 0) is 6.54 Å².